The first-order chi connectivity index (χ1) is 10.3. The summed E-state index contributed by atoms with van der Waals surface area (Å²) in [4.78, 5) is 0. The van der Waals surface area contributed by atoms with Crippen LogP contribution in [0.3, 0.4) is 0 Å². The van der Waals surface area contributed by atoms with Crippen LogP contribution in [0.1, 0.15) is 5.56 Å². The van der Waals surface area contributed by atoms with Gasteiger partial charge in [0.1, 0.15) is 0 Å². The number of ether oxygens (including phenoxy) is 1. The quantitative estimate of drug-likeness (QED) is 0.745. The van der Waals surface area contributed by atoms with Crippen molar-refractivity contribution in [2.45, 2.75) is 13.0 Å². The van der Waals surface area contributed by atoms with Crippen LogP contribution in [0.15, 0.2) is 60.9 Å². The molecule has 0 unspecified atom stereocenters. The Morgan fingerprint density at radius 2 is 1.86 bits per heavy atom. The summed E-state index contributed by atoms with van der Waals surface area (Å²) in [5.74, 6) is 0.676. The number of rotatable bonds is 4. The molecule has 106 valence electrons. The van der Waals surface area contributed by atoms with Crippen molar-refractivity contribution < 1.29 is 14.4 Å². The number of aromatic hydroxyl groups is 1. The van der Waals surface area contributed by atoms with Crippen LogP contribution >= 0.6 is 0 Å². The molecular formula is C18H18NO2+. The molecule has 3 nitrogen and oxygen atoms in total. The Balaban J connectivity index is 1.85. The number of aromatic nitrogens is 1. The summed E-state index contributed by atoms with van der Waals surface area (Å²) in [6.45, 7) is 0.920. The molecule has 0 aliphatic carbocycles. The smallest absolute Gasteiger partial charge is 0.176 e. The maximum Gasteiger partial charge on any atom is 0.176 e. The van der Waals surface area contributed by atoms with Crippen molar-refractivity contribution in [1.82, 2.24) is 0 Å². The van der Waals surface area contributed by atoms with Gasteiger partial charge in [0.25, 0.3) is 0 Å². The second-order valence-electron chi connectivity index (χ2n) is 5.07. The number of aryl methyl sites for hydroxylation is 2. The molecule has 0 amide bonds. The summed E-state index contributed by atoms with van der Waals surface area (Å²) in [6.07, 6.45) is 5.11. The van der Waals surface area contributed by atoms with Crippen molar-refractivity contribution in [2.75, 3.05) is 7.11 Å². The molecule has 0 saturated heterocycles. The molecule has 0 aliphatic heterocycles. The van der Waals surface area contributed by atoms with Crippen LogP contribution in [-0.2, 0) is 13.0 Å². The topological polar surface area (TPSA) is 33.3 Å². The van der Waals surface area contributed by atoms with Gasteiger partial charge < -0.3 is 9.84 Å². The highest BCUT2D eigenvalue weighted by Crippen LogP contribution is 2.30. The van der Waals surface area contributed by atoms with Gasteiger partial charge in [-0.3, -0.25) is 0 Å². The molecule has 3 heteroatoms. The molecule has 0 radical (unpaired) electrons. The molecule has 1 N–H and O–H groups in total. The third-order valence-corrected chi connectivity index (χ3v) is 3.64. The first-order valence-electron chi connectivity index (χ1n) is 7.00. The highest BCUT2D eigenvalue weighted by atomic mass is 16.5. The van der Waals surface area contributed by atoms with Crippen LogP contribution in [0.2, 0.25) is 0 Å². The van der Waals surface area contributed by atoms with Gasteiger partial charge in [-0.2, -0.15) is 0 Å². The van der Waals surface area contributed by atoms with E-state index in [0.717, 1.165) is 23.7 Å². The first-order valence-corrected chi connectivity index (χ1v) is 7.00. The monoisotopic (exact) mass is 280 g/mol. The SMILES string of the molecule is COc1cc2c[n+](CCc3ccccc3)ccc2cc1O. The van der Waals surface area contributed by atoms with Crippen molar-refractivity contribution in [2.24, 2.45) is 0 Å². The lowest BCUT2D eigenvalue weighted by Crippen LogP contribution is -2.33. The standard InChI is InChI=1S/C18H17NO2/c1-21-18-12-16-13-19(10-8-15(16)11-17(18)20)9-7-14-5-3-2-4-6-14/h2-6,8,10-13H,7,9H2,1H3/p+1. The van der Waals surface area contributed by atoms with E-state index < -0.39 is 0 Å². The third-order valence-electron chi connectivity index (χ3n) is 3.64. The van der Waals surface area contributed by atoms with Crippen molar-refractivity contribution in [3.8, 4) is 11.5 Å². The predicted molar refractivity (Wildman–Crippen MR) is 82.5 cm³/mol. The van der Waals surface area contributed by atoms with Gasteiger partial charge in [0.05, 0.1) is 7.11 Å². The van der Waals surface area contributed by atoms with E-state index in [9.17, 15) is 5.11 Å². The molecule has 1 heterocycles. The van der Waals surface area contributed by atoms with Gasteiger partial charge in [0.15, 0.2) is 30.4 Å². The number of hydrogen-bond acceptors (Lipinski definition) is 2. The number of fused-ring (bicyclic) bond motifs is 1. The molecule has 21 heavy (non-hydrogen) atoms. The number of methoxy groups -OCH3 is 1. The van der Waals surface area contributed by atoms with Crippen LogP contribution in [0.4, 0.5) is 0 Å². The van der Waals surface area contributed by atoms with Crippen molar-refractivity contribution in [3.05, 3.63) is 66.5 Å². The van der Waals surface area contributed by atoms with Gasteiger partial charge in [0.2, 0.25) is 0 Å². The fourth-order valence-electron chi connectivity index (χ4n) is 2.46. The number of hydrogen-bond donors (Lipinski definition) is 1. The first kappa shape index (κ1) is 13.4. The van der Waals surface area contributed by atoms with Crippen LogP contribution in [0, 0.1) is 0 Å². The lowest BCUT2D eigenvalue weighted by atomic mass is 10.1. The molecule has 0 atom stereocenters. The maximum absolute atomic E-state index is 9.80. The number of pyridine rings is 1. The van der Waals surface area contributed by atoms with E-state index in [-0.39, 0.29) is 5.75 Å². The number of phenols is 1. The second-order valence-corrected chi connectivity index (χ2v) is 5.07. The minimum absolute atomic E-state index is 0.173. The van der Waals surface area contributed by atoms with Crippen molar-refractivity contribution in [3.63, 3.8) is 0 Å². The molecule has 0 spiro atoms. The van der Waals surface area contributed by atoms with E-state index >= 15 is 0 Å². The van der Waals surface area contributed by atoms with E-state index in [0.29, 0.717) is 5.75 Å². The zero-order valence-corrected chi connectivity index (χ0v) is 12.0. The molecule has 3 aromatic rings. The molecule has 2 aromatic carbocycles. The highest BCUT2D eigenvalue weighted by Gasteiger charge is 2.08. The third kappa shape index (κ3) is 2.97. The molecule has 0 aliphatic rings. The normalized spacial score (nSPS) is 10.7. The van der Waals surface area contributed by atoms with E-state index in [1.807, 2.05) is 24.4 Å². The summed E-state index contributed by atoms with van der Waals surface area (Å²) in [5.41, 5.74) is 1.33. The number of phenolic OH excluding ortho intramolecular Hbond substituents is 1. The van der Waals surface area contributed by atoms with Crippen LogP contribution in [-0.4, -0.2) is 12.2 Å². The van der Waals surface area contributed by atoms with Gasteiger partial charge in [-0.05, 0) is 23.1 Å². The zero-order valence-electron chi connectivity index (χ0n) is 12.0. The minimum atomic E-state index is 0.173. The predicted octanol–water partition coefficient (Wildman–Crippen LogP) is 3.08. The average Bonchev–Trinajstić information content (AvgIpc) is 2.53. The Kier molecular flexibility index (Phi) is 3.73. The molecule has 0 saturated carbocycles. The van der Waals surface area contributed by atoms with Crippen LogP contribution in [0.25, 0.3) is 10.8 Å². The summed E-state index contributed by atoms with van der Waals surface area (Å²) < 4.78 is 7.32. The molecule has 1 aromatic heterocycles. The molecule has 3 rings (SSSR count). The van der Waals surface area contributed by atoms with Gasteiger partial charge in [-0.15, -0.1) is 0 Å². The minimum Gasteiger partial charge on any atom is -0.504 e. The summed E-state index contributed by atoms with van der Waals surface area (Å²) in [6, 6.07) is 16.1. The Bertz CT molecular complexity index is 754. The van der Waals surface area contributed by atoms with Gasteiger partial charge in [-0.25, -0.2) is 4.57 Å². The Hall–Kier alpha value is -2.55. The van der Waals surface area contributed by atoms with Crippen LogP contribution < -0.4 is 9.30 Å². The van der Waals surface area contributed by atoms with Gasteiger partial charge in [-0.1, -0.05) is 30.3 Å². The molecule has 0 bridgehead atoms. The van der Waals surface area contributed by atoms with E-state index in [1.165, 1.54) is 5.56 Å². The lowest BCUT2D eigenvalue weighted by molar-refractivity contribution is -0.695. The Morgan fingerprint density at radius 1 is 1.05 bits per heavy atom. The van der Waals surface area contributed by atoms with E-state index in [4.69, 9.17) is 4.74 Å². The van der Waals surface area contributed by atoms with E-state index in [2.05, 4.69) is 35.0 Å². The zero-order chi connectivity index (χ0) is 14.7. The summed E-state index contributed by atoms with van der Waals surface area (Å²) >= 11 is 0. The summed E-state index contributed by atoms with van der Waals surface area (Å²) in [5, 5.41) is 11.9. The second kappa shape index (κ2) is 5.83. The Labute approximate surface area is 124 Å². The maximum atomic E-state index is 9.80. The Morgan fingerprint density at radius 3 is 2.62 bits per heavy atom. The number of nitrogens with zero attached hydrogens (tertiary/aromatic N) is 1. The summed E-state index contributed by atoms with van der Waals surface area (Å²) in [7, 11) is 1.56. The molecule has 0 fully saturated rings. The van der Waals surface area contributed by atoms with Crippen molar-refractivity contribution in [1.29, 1.82) is 0 Å². The largest absolute Gasteiger partial charge is 0.504 e. The lowest BCUT2D eigenvalue weighted by Gasteiger charge is -2.05. The van der Waals surface area contributed by atoms with Crippen LogP contribution in [0.5, 0.6) is 11.5 Å². The van der Waals surface area contributed by atoms with Gasteiger partial charge >= 0.3 is 0 Å². The van der Waals surface area contributed by atoms with Gasteiger partial charge in [0, 0.05) is 17.9 Å². The molecular weight excluding hydrogens is 262 g/mol. The van der Waals surface area contributed by atoms with E-state index in [1.54, 1.807) is 13.2 Å². The number of benzene rings is 2. The fraction of sp³-hybridized carbons (Fsp3) is 0.167. The highest BCUT2D eigenvalue weighted by molar-refractivity contribution is 5.84. The fourth-order valence-corrected chi connectivity index (χ4v) is 2.46. The average molecular weight is 280 g/mol. The van der Waals surface area contributed by atoms with Crippen molar-refractivity contribution >= 4 is 10.8 Å².